The molecule has 6 aromatic rings. The van der Waals surface area contributed by atoms with Gasteiger partial charge < -0.3 is 9.80 Å². The standard InChI is InChI=1S/C58H69BN2S/c1-52(2,3)34-18-21-37(22-19-34)60-45-25-20-35(53(4,5)6)26-44(45)59-49-46(60)27-36(54(7,8)9)28-47(49)61(38-23-24-40-41(29-38)56(12,13)32-55(40,10)11)50-39-30-42-43(31-48(39)62-51(50)59)58(16,17)33-57(42,14)15/h18-31H,32-33H2,1-17H3. The molecule has 4 aliphatic rings. The van der Waals surface area contributed by atoms with Crippen LogP contribution in [0.2, 0.25) is 0 Å². The molecule has 0 spiro atoms. The Morgan fingerprint density at radius 2 is 0.968 bits per heavy atom. The van der Waals surface area contributed by atoms with Crippen LogP contribution in [0.1, 0.15) is 169 Å². The highest BCUT2D eigenvalue weighted by Gasteiger charge is 2.49. The summed E-state index contributed by atoms with van der Waals surface area (Å²) in [5.41, 5.74) is 21.2. The summed E-state index contributed by atoms with van der Waals surface area (Å²) in [6.45, 7) is 41.0. The number of rotatable bonds is 2. The first kappa shape index (κ1) is 41.7. The lowest BCUT2D eigenvalue weighted by molar-refractivity contribution is 0.403. The topological polar surface area (TPSA) is 6.48 Å². The summed E-state index contributed by atoms with van der Waals surface area (Å²) in [5.74, 6) is 0. The zero-order valence-corrected chi connectivity index (χ0v) is 41.7. The Kier molecular flexibility index (Phi) is 8.55. The van der Waals surface area contributed by atoms with E-state index < -0.39 is 0 Å². The zero-order chi connectivity index (χ0) is 44.6. The number of hydrogen-bond acceptors (Lipinski definition) is 3. The van der Waals surface area contributed by atoms with E-state index in [1.165, 1.54) is 98.9 Å². The molecule has 0 atom stereocenters. The van der Waals surface area contributed by atoms with Gasteiger partial charge in [-0.3, -0.25) is 0 Å². The van der Waals surface area contributed by atoms with Gasteiger partial charge in [-0.15, -0.1) is 11.3 Å². The van der Waals surface area contributed by atoms with Gasteiger partial charge in [0, 0.05) is 43.3 Å². The van der Waals surface area contributed by atoms with E-state index in [9.17, 15) is 0 Å². The number of hydrogen-bond donors (Lipinski definition) is 0. The molecule has 0 bridgehead atoms. The van der Waals surface area contributed by atoms with Gasteiger partial charge in [0.1, 0.15) is 0 Å². The van der Waals surface area contributed by atoms with Crippen LogP contribution >= 0.6 is 11.3 Å². The highest BCUT2D eigenvalue weighted by Crippen LogP contribution is 2.56. The van der Waals surface area contributed by atoms with Crippen LogP contribution < -0.4 is 25.5 Å². The molecule has 0 saturated heterocycles. The molecule has 0 fully saturated rings. The first-order chi connectivity index (χ1) is 28.6. The van der Waals surface area contributed by atoms with Crippen LogP contribution in [-0.4, -0.2) is 6.71 Å². The summed E-state index contributed by atoms with van der Waals surface area (Å²) in [6.07, 6.45) is 2.31. The quantitative estimate of drug-likeness (QED) is 0.160. The fraction of sp³-hybridized carbons (Fsp3) is 0.448. The average Bonchev–Trinajstić information content (AvgIpc) is 3.68. The Bertz CT molecular complexity index is 2860. The third-order valence-corrected chi connectivity index (χ3v) is 16.7. The van der Waals surface area contributed by atoms with E-state index in [1.54, 1.807) is 0 Å². The molecule has 320 valence electrons. The first-order valence-electron chi connectivity index (χ1n) is 23.4. The number of fused-ring (bicyclic) bond motifs is 8. The summed E-state index contributed by atoms with van der Waals surface area (Å²) >= 11 is 2.06. The minimum Gasteiger partial charge on any atom is -0.311 e. The highest BCUT2D eigenvalue weighted by molar-refractivity contribution is 7.33. The summed E-state index contributed by atoms with van der Waals surface area (Å²) in [6, 6.07) is 34.8. The predicted molar refractivity (Wildman–Crippen MR) is 273 cm³/mol. The molecule has 4 heteroatoms. The van der Waals surface area contributed by atoms with Gasteiger partial charge in [0.05, 0.1) is 5.69 Å². The Balaban J connectivity index is 1.35. The smallest absolute Gasteiger partial charge is 0.264 e. The van der Waals surface area contributed by atoms with Crippen LogP contribution in [0, 0.1) is 0 Å². The van der Waals surface area contributed by atoms with Crippen molar-refractivity contribution in [3.8, 4) is 0 Å². The van der Waals surface area contributed by atoms with Crippen molar-refractivity contribution in [2.24, 2.45) is 0 Å². The van der Waals surface area contributed by atoms with E-state index >= 15 is 0 Å². The third-order valence-electron chi connectivity index (χ3n) is 15.5. The molecule has 1 aromatic heterocycles. The van der Waals surface area contributed by atoms with Crippen molar-refractivity contribution in [1.82, 2.24) is 0 Å². The van der Waals surface area contributed by atoms with E-state index in [0.29, 0.717) is 0 Å². The molecule has 10 rings (SSSR count). The van der Waals surface area contributed by atoms with Gasteiger partial charge in [0.25, 0.3) is 6.71 Å². The molecule has 2 aliphatic heterocycles. The van der Waals surface area contributed by atoms with Crippen molar-refractivity contribution in [3.05, 3.63) is 124 Å². The SMILES string of the molecule is CC(C)(C)c1ccc(N2c3ccc(C(C)(C)C)cc3B3c4sc5cc6c(cc5c4N(c4ccc5c(c4)C(C)(C)CC5(C)C)c4cc(C(C)(C)C)cc2c43)C(C)(C)CC6(C)C)cc1. The second-order valence-corrected chi connectivity index (χ2v) is 26.5. The van der Waals surface area contributed by atoms with Crippen LogP contribution in [0.25, 0.3) is 10.1 Å². The average molecular weight is 837 g/mol. The van der Waals surface area contributed by atoms with Gasteiger partial charge in [-0.05, 0) is 155 Å². The van der Waals surface area contributed by atoms with E-state index in [-0.39, 0.29) is 44.6 Å². The summed E-state index contributed by atoms with van der Waals surface area (Å²) in [4.78, 5) is 5.35. The van der Waals surface area contributed by atoms with E-state index in [0.717, 1.165) is 12.8 Å². The molecule has 3 heterocycles. The summed E-state index contributed by atoms with van der Waals surface area (Å²) in [5, 5.41) is 1.40. The van der Waals surface area contributed by atoms with Crippen LogP contribution in [-0.2, 0) is 37.9 Å². The summed E-state index contributed by atoms with van der Waals surface area (Å²) < 4.78 is 2.87. The maximum atomic E-state index is 2.74. The number of thiophene rings is 1. The normalized spacial score (nSPS) is 19.0. The lowest BCUT2D eigenvalue weighted by Crippen LogP contribution is -2.60. The molecule has 0 N–H and O–H groups in total. The zero-order valence-electron chi connectivity index (χ0n) is 40.9. The molecule has 0 unspecified atom stereocenters. The van der Waals surface area contributed by atoms with Gasteiger partial charge in [-0.1, -0.05) is 148 Å². The van der Waals surface area contributed by atoms with Gasteiger partial charge >= 0.3 is 0 Å². The van der Waals surface area contributed by atoms with Crippen molar-refractivity contribution >= 4 is 78.0 Å². The summed E-state index contributed by atoms with van der Waals surface area (Å²) in [7, 11) is 0. The molecule has 2 aliphatic carbocycles. The molecule has 2 nitrogen and oxygen atoms in total. The van der Waals surface area contributed by atoms with Crippen LogP contribution in [0.3, 0.4) is 0 Å². The van der Waals surface area contributed by atoms with Gasteiger partial charge in [0.15, 0.2) is 0 Å². The predicted octanol–water partition coefficient (Wildman–Crippen LogP) is 14.8. The maximum absolute atomic E-state index is 2.74. The van der Waals surface area contributed by atoms with Gasteiger partial charge in [0.2, 0.25) is 0 Å². The Morgan fingerprint density at radius 1 is 0.468 bits per heavy atom. The molecule has 62 heavy (non-hydrogen) atoms. The monoisotopic (exact) mass is 837 g/mol. The minimum absolute atomic E-state index is 0.0000775. The molecular formula is C58H69BN2S. The van der Waals surface area contributed by atoms with Crippen LogP contribution in [0.15, 0.2) is 84.9 Å². The van der Waals surface area contributed by atoms with E-state index in [4.69, 9.17) is 0 Å². The van der Waals surface area contributed by atoms with Gasteiger partial charge in [-0.25, -0.2) is 0 Å². The van der Waals surface area contributed by atoms with Crippen LogP contribution in [0.5, 0.6) is 0 Å². The molecule has 0 saturated carbocycles. The Labute approximate surface area is 378 Å². The minimum atomic E-state index is -0.0812. The number of benzene rings is 5. The van der Waals surface area contributed by atoms with E-state index in [1.807, 2.05) is 0 Å². The van der Waals surface area contributed by atoms with Crippen molar-refractivity contribution in [1.29, 1.82) is 0 Å². The Morgan fingerprint density at radius 3 is 1.55 bits per heavy atom. The number of anilines is 6. The van der Waals surface area contributed by atoms with Crippen molar-refractivity contribution in [2.75, 3.05) is 9.80 Å². The third kappa shape index (κ3) is 6.08. The fourth-order valence-corrected chi connectivity index (χ4v) is 14.0. The Hall–Kier alpha value is -4.28. The van der Waals surface area contributed by atoms with Crippen molar-refractivity contribution in [3.63, 3.8) is 0 Å². The molecule has 0 amide bonds. The largest absolute Gasteiger partial charge is 0.311 e. The fourth-order valence-electron chi connectivity index (χ4n) is 12.6. The highest BCUT2D eigenvalue weighted by atomic mass is 32.1. The molecular weight excluding hydrogens is 768 g/mol. The lowest BCUT2D eigenvalue weighted by Gasteiger charge is -2.44. The van der Waals surface area contributed by atoms with Crippen molar-refractivity contribution in [2.45, 2.75) is 168 Å². The maximum Gasteiger partial charge on any atom is 0.264 e. The second-order valence-electron chi connectivity index (χ2n) is 25.4. The van der Waals surface area contributed by atoms with Gasteiger partial charge in [-0.2, -0.15) is 0 Å². The molecule has 5 aromatic carbocycles. The first-order valence-corrected chi connectivity index (χ1v) is 24.2. The van der Waals surface area contributed by atoms with E-state index in [2.05, 4.69) is 224 Å². The molecule has 0 radical (unpaired) electrons. The second kappa shape index (κ2) is 12.7. The number of nitrogens with zero attached hydrogens (tertiary/aromatic N) is 2. The lowest BCUT2D eigenvalue weighted by atomic mass is 9.36. The van der Waals surface area contributed by atoms with Crippen molar-refractivity contribution < 1.29 is 0 Å². The van der Waals surface area contributed by atoms with Crippen LogP contribution in [0.4, 0.5) is 34.1 Å².